The fraction of sp³-hybridized carbons (Fsp3) is 0.733. The Morgan fingerprint density at radius 2 is 2.13 bits per heavy atom. The molecule has 0 bridgehead atoms. The van der Waals surface area contributed by atoms with Gasteiger partial charge < -0.3 is 10.2 Å². The molecule has 2 heterocycles. The predicted octanol–water partition coefficient (Wildman–Crippen LogP) is 3.68. The molecule has 4 nitrogen and oxygen atoms in total. The van der Waals surface area contributed by atoms with Crippen LogP contribution >= 0.6 is 11.3 Å². The monoisotopic (exact) mass is 347 g/mol. The Hall–Kier alpha value is -1.31. The number of nitrogens with zero attached hydrogens (tertiary/aromatic N) is 2. The normalized spacial score (nSPS) is 24.6. The number of likely N-dealkylation sites (tertiary alicyclic amines) is 1. The minimum Gasteiger partial charge on any atom is -0.338 e. The van der Waals surface area contributed by atoms with Gasteiger partial charge in [0.25, 0.3) is 0 Å². The Kier molecular flexibility index (Phi) is 4.79. The second-order valence-electron chi connectivity index (χ2n) is 6.20. The summed E-state index contributed by atoms with van der Waals surface area (Å²) in [4.78, 5) is 17.8. The molecule has 1 N–H and O–H groups in total. The average molecular weight is 347 g/mol. The molecule has 1 saturated heterocycles. The van der Waals surface area contributed by atoms with E-state index < -0.39 is 11.9 Å². The summed E-state index contributed by atoms with van der Waals surface area (Å²) in [5.74, 6) is 0.628. The SMILES string of the molecule is O=C(NCCc1nc(C(F)(F)F)cs1)N1CCC2CCCCC21. The Balaban J connectivity index is 1.47. The summed E-state index contributed by atoms with van der Waals surface area (Å²) < 4.78 is 37.4. The highest BCUT2D eigenvalue weighted by Crippen LogP contribution is 2.36. The topological polar surface area (TPSA) is 45.2 Å². The zero-order chi connectivity index (χ0) is 16.4. The number of hydrogen-bond donors (Lipinski definition) is 1. The van der Waals surface area contributed by atoms with Gasteiger partial charge in [-0.1, -0.05) is 12.8 Å². The lowest BCUT2D eigenvalue weighted by Gasteiger charge is -2.31. The minimum absolute atomic E-state index is 0.0907. The van der Waals surface area contributed by atoms with Crippen LogP contribution in [0.5, 0.6) is 0 Å². The molecule has 128 valence electrons. The molecule has 8 heteroatoms. The molecule has 2 aliphatic rings. The van der Waals surface area contributed by atoms with Crippen LogP contribution in [-0.4, -0.2) is 35.0 Å². The molecule has 3 rings (SSSR count). The molecule has 0 spiro atoms. The van der Waals surface area contributed by atoms with Gasteiger partial charge in [0.15, 0.2) is 5.69 Å². The highest BCUT2D eigenvalue weighted by atomic mass is 32.1. The first-order valence-corrected chi connectivity index (χ1v) is 8.89. The third-order valence-corrected chi connectivity index (χ3v) is 5.64. The van der Waals surface area contributed by atoms with Crippen LogP contribution in [0.15, 0.2) is 5.38 Å². The van der Waals surface area contributed by atoms with Crippen molar-refractivity contribution in [3.63, 3.8) is 0 Å². The summed E-state index contributed by atoms with van der Waals surface area (Å²) >= 11 is 0.983. The fourth-order valence-corrected chi connectivity index (χ4v) is 4.40. The average Bonchev–Trinajstić information content (AvgIpc) is 3.13. The van der Waals surface area contributed by atoms with Gasteiger partial charge >= 0.3 is 12.2 Å². The van der Waals surface area contributed by atoms with Gasteiger partial charge in [0.2, 0.25) is 0 Å². The number of hydrogen-bond acceptors (Lipinski definition) is 3. The Morgan fingerprint density at radius 3 is 2.87 bits per heavy atom. The summed E-state index contributed by atoms with van der Waals surface area (Å²) in [7, 11) is 0. The number of halogens is 3. The molecular weight excluding hydrogens is 327 g/mol. The second kappa shape index (κ2) is 6.67. The number of thiazole rings is 1. The first kappa shape index (κ1) is 16.5. The lowest BCUT2D eigenvalue weighted by atomic mass is 9.85. The molecular formula is C15H20F3N3OS. The van der Waals surface area contributed by atoms with Crippen molar-refractivity contribution in [3.8, 4) is 0 Å². The molecule has 2 atom stereocenters. The highest BCUT2D eigenvalue weighted by Gasteiger charge is 2.38. The van der Waals surface area contributed by atoms with Crippen molar-refractivity contribution in [1.82, 2.24) is 15.2 Å². The highest BCUT2D eigenvalue weighted by molar-refractivity contribution is 7.09. The number of carbonyl (C=O) groups is 1. The molecule has 2 fully saturated rings. The second-order valence-corrected chi connectivity index (χ2v) is 7.14. The lowest BCUT2D eigenvalue weighted by molar-refractivity contribution is -0.140. The van der Waals surface area contributed by atoms with Crippen molar-refractivity contribution < 1.29 is 18.0 Å². The van der Waals surface area contributed by atoms with Gasteiger partial charge in [0.05, 0.1) is 5.01 Å². The zero-order valence-corrected chi connectivity index (χ0v) is 13.6. The van der Waals surface area contributed by atoms with Crippen molar-refractivity contribution in [2.24, 2.45) is 5.92 Å². The van der Waals surface area contributed by atoms with Crippen LogP contribution in [0.3, 0.4) is 0 Å². The van der Waals surface area contributed by atoms with Crippen molar-refractivity contribution in [2.75, 3.05) is 13.1 Å². The quantitative estimate of drug-likeness (QED) is 0.907. The van der Waals surface area contributed by atoms with E-state index in [2.05, 4.69) is 10.3 Å². The van der Waals surface area contributed by atoms with E-state index in [9.17, 15) is 18.0 Å². The smallest absolute Gasteiger partial charge is 0.338 e. The fourth-order valence-electron chi connectivity index (χ4n) is 3.59. The van der Waals surface area contributed by atoms with E-state index in [4.69, 9.17) is 0 Å². The van der Waals surface area contributed by atoms with Gasteiger partial charge in [-0.3, -0.25) is 0 Å². The number of amides is 2. The molecule has 2 unspecified atom stereocenters. The van der Waals surface area contributed by atoms with E-state index in [0.29, 0.717) is 29.9 Å². The van der Waals surface area contributed by atoms with Crippen LogP contribution < -0.4 is 5.32 Å². The van der Waals surface area contributed by atoms with Crippen LogP contribution in [0.4, 0.5) is 18.0 Å². The van der Waals surface area contributed by atoms with Gasteiger partial charge in [-0.2, -0.15) is 13.2 Å². The van der Waals surface area contributed by atoms with Crippen LogP contribution in [0.1, 0.15) is 42.8 Å². The van der Waals surface area contributed by atoms with Crippen LogP contribution in [0.25, 0.3) is 0 Å². The van der Waals surface area contributed by atoms with Crippen molar-refractivity contribution in [1.29, 1.82) is 0 Å². The van der Waals surface area contributed by atoms with E-state index >= 15 is 0 Å². The van der Waals surface area contributed by atoms with Gasteiger partial charge in [-0.05, 0) is 25.2 Å². The van der Waals surface area contributed by atoms with E-state index in [1.807, 2.05) is 4.90 Å². The lowest BCUT2D eigenvalue weighted by Crippen LogP contribution is -2.45. The minimum atomic E-state index is -4.40. The summed E-state index contributed by atoms with van der Waals surface area (Å²) in [5, 5.41) is 4.24. The van der Waals surface area contributed by atoms with Crippen molar-refractivity contribution in [2.45, 2.75) is 50.7 Å². The maximum atomic E-state index is 12.5. The van der Waals surface area contributed by atoms with E-state index in [1.165, 1.54) is 19.3 Å². The summed E-state index contributed by atoms with van der Waals surface area (Å²) in [6.45, 7) is 1.11. The van der Waals surface area contributed by atoms with Crippen molar-refractivity contribution in [3.05, 3.63) is 16.1 Å². The maximum Gasteiger partial charge on any atom is 0.434 e. The molecule has 1 saturated carbocycles. The Bertz CT molecular complexity index is 560. The molecule has 0 aromatic carbocycles. The number of rotatable bonds is 3. The molecule has 1 aliphatic carbocycles. The van der Waals surface area contributed by atoms with Gasteiger partial charge in [0.1, 0.15) is 0 Å². The predicted molar refractivity (Wildman–Crippen MR) is 81.3 cm³/mol. The van der Waals surface area contributed by atoms with E-state index in [-0.39, 0.29) is 6.03 Å². The Labute approximate surface area is 137 Å². The number of fused-ring (bicyclic) bond motifs is 1. The van der Waals surface area contributed by atoms with Crippen molar-refractivity contribution >= 4 is 17.4 Å². The zero-order valence-electron chi connectivity index (χ0n) is 12.7. The third-order valence-electron chi connectivity index (χ3n) is 4.73. The molecule has 1 aliphatic heterocycles. The first-order chi connectivity index (χ1) is 10.9. The number of alkyl halides is 3. The standard InChI is InChI=1S/C15H20F3N3OS/c16-15(17,18)12-9-23-13(20-12)5-7-19-14(22)21-8-6-10-3-1-2-4-11(10)21/h9-11H,1-8H2,(H,19,22). The van der Waals surface area contributed by atoms with Gasteiger partial charge in [0, 0.05) is 30.9 Å². The molecule has 1 aromatic heterocycles. The van der Waals surface area contributed by atoms with Crippen LogP contribution in [0, 0.1) is 5.92 Å². The number of aromatic nitrogens is 1. The molecule has 1 aromatic rings. The van der Waals surface area contributed by atoms with Crippen LogP contribution in [0.2, 0.25) is 0 Å². The van der Waals surface area contributed by atoms with Gasteiger partial charge in [-0.15, -0.1) is 11.3 Å². The maximum absolute atomic E-state index is 12.5. The van der Waals surface area contributed by atoms with E-state index in [1.54, 1.807) is 0 Å². The van der Waals surface area contributed by atoms with Crippen LogP contribution in [-0.2, 0) is 12.6 Å². The molecule has 23 heavy (non-hydrogen) atoms. The number of urea groups is 1. The Morgan fingerprint density at radius 1 is 1.35 bits per heavy atom. The molecule has 0 radical (unpaired) electrons. The number of nitrogens with one attached hydrogen (secondary N) is 1. The summed E-state index contributed by atoms with van der Waals surface area (Å²) in [6, 6.07) is 0.257. The summed E-state index contributed by atoms with van der Waals surface area (Å²) in [5.41, 5.74) is -0.853. The van der Waals surface area contributed by atoms with Gasteiger partial charge in [-0.25, -0.2) is 9.78 Å². The first-order valence-electron chi connectivity index (χ1n) is 8.01. The van der Waals surface area contributed by atoms with E-state index in [0.717, 1.165) is 36.1 Å². The number of carbonyl (C=O) groups excluding carboxylic acids is 1. The summed E-state index contributed by atoms with van der Waals surface area (Å²) in [6.07, 6.45) is 1.69. The largest absolute Gasteiger partial charge is 0.434 e. The molecule has 2 amide bonds. The third kappa shape index (κ3) is 3.79.